The van der Waals surface area contributed by atoms with E-state index in [-0.39, 0.29) is 5.84 Å². The minimum Gasteiger partial charge on any atom is -0.490 e. The van der Waals surface area contributed by atoms with E-state index in [2.05, 4.69) is 13.8 Å². The quantitative estimate of drug-likeness (QED) is 0.316. The van der Waals surface area contributed by atoms with Gasteiger partial charge >= 0.3 is 0 Å². The molecule has 1 aromatic rings. The van der Waals surface area contributed by atoms with Gasteiger partial charge in [0.05, 0.1) is 12.2 Å². The standard InChI is InChI=1S/C14H22N2O2S/c1-3-8-17-9-10-18-11-6-5-7-12(19-4-2)13(11)14(15)16/h5-7H,3-4,8-10H2,1-2H3,(H3,15,16). The summed E-state index contributed by atoms with van der Waals surface area (Å²) in [7, 11) is 0. The predicted molar refractivity (Wildman–Crippen MR) is 80.5 cm³/mol. The van der Waals surface area contributed by atoms with Gasteiger partial charge in [-0.05, 0) is 24.3 Å². The molecular weight excluding hydrogens is 260 g/mol. The zero-order valence-electron chi connectivity index (χ0n) is 11.6. The van der Waals surface area contributed by atoms with Crippen molar-refractivity contribution < 1.29 is 9.47 Å². The maximum absolute atomic E-state index is 7.70. The molecule has 0 bridgehead atoms. The smallest absolute Gasteiger partial charge is 0.131 e. The summed E-state index contributed by atoms with van der Waals surface area (Å²) in [4.78, 5) is 0.988. The first kappa shape index (κ1) is 15.9. The first-order valence-corrected chi connectivity index (χ1v) is 7.50. The Morgan fingerprint density at radius 1 is 1.26 bits per heavy atom. The number of ether oxygens (including phenoxy) is 2. The number of nitrogens with one attached hydrogen (secondary N) is 1. The molecule has 0 amide bonds. The van der Waals surface area contributed by atoms with E-state index in [0.29, 0.717) is 24.5 Å². The van der Waals surface area contributed by atoms with Gasteiger partial charge in [-0.1, -0.05) is 19.9 Å². The minimum atomic E-state index is 0.0426. The van der Waals surface area contributed by atoms with Crippen LogP contribution in [0.4, 0.5) is 0 Å². The highest BCUT2D eigenvalue weighted by atomic mass is 32.2. The highest BCUT2D eigenvalue weighted by molar-refractivity contribution is 7.99. The van der Waals surface area contributed by atoms with Gasteiger partial charge in [0.15, 0.2) is 0 Å². The molecule has 0 aliphatic carbocycles. The van der Waals surface area contributed by atoms with E-state index in [1.54, 1.807) is 11.8 Å². The van der Waals surface area contributed by atoms with E-state index < -0.39 is 0 Å². The summed E-state index contributed by atoms with van der Waals surface area (Å²) in [5.41, 5.74) is 6.34. The van der Waals surface area contributed by atoms with Gasteiger partial charge in [-0.3, -0.25) is 5.41 Å². The predicted octanol–water partition coefficient (Wildman–Crippen LogP) is 2.89. The maximum Gasteiger partial charge on any atom is 0.131 e. The molecule has 1 rings (SSSR count). The molecule has 4 nitrogen and oxygen atoms in total. The second kappa shape index (κ2) is 8.82. The molecule has 19 heavy (non-hydrogen) atoms. The Hall–Kier alpha value is -1.20. The highest BCUT2D eigenvalue weighted by Crippen LogP contribution is 2.29. The molecule has 106 valence electrons. The highest BCUT2D eigenvalue weighted by Gasteiger charge is 2.12. The van der Waals surface area contributed by atoms with E-state index in [9.17, 15) is 0 Å². The van der Waals surface area contributed by atoms with Crippen LogP contribution in [0.15, 0.2) is 23.1 Å². The van der Waals surface area contributed by atoms with Crippen LogP contribution in [-0.4, -0.2) is 31.4 Å². The molecule has 0 radical (unpaired) electrons. The average molecular weight is 282 g/mol. The van der Waals surface area contributed by atoms with Gasteiger partial charge in [-0.15, -0.1) is 11.8 Å². The second-order valence-corrected chi connectivity index (χ2v) is 5.24. The largest absolute Gasteiger partial charge is 0.490 e. The Morgan fingerprint density at radius 2 is 2.05 bits per heavy atom. The lowest BCUT2D eigenvalue weighted by atomic mass is 10.2. The summed E-state index contributed by atoms with van der Waals surface area (Å²) >= 11 is 1.66. The van der Waals surface area contributed by atoms with Crippen LogP contribution in [-0.2, 0) is 4.74 Å². The molecule has 0 unspecified atom stereocenters. The van der Waals surface area contributed by atoms with Crippen molar-refractivity contribution in [2.24, 2.45) is 5.73 Å². The topological polar surface area (TPSA) is 68.3 Å². The third kappa shape index (κ3) is 5.12. The maximum atomic E-state index is 7.70. The number of nitrogen functional groups attached to an aromatic ring is 1. The molecule has 0 aromatic heterocycles. The number of hydrogen-bond acceptors (Lipinski definition) is 4. The first-order valence-electron chi connectivity index (χ1n) is 6.51. The van der Waals surface area contributed by atoms with Crippen molar-refractivity contribution >= 4 is 17.6 Å². The monoisotopic (exact) mass is 282 g/mol. The summed E-state index contributed by atoms with van der Waals surface area (Å²) in [6, 6.07) is 5.73. The zero-order valence-corrected chi connectivity index (χ0v) is 12.4. The fourth-order valence-electron chi connectivity index (χ4n) is 1.63. The van der Waals surface area contributed by atoms with E-state index in [1.165, 1.54) is 0 Å². The van der Waals surface area contributed by atoms with Crippen molar-refractivity contribution in [3.05, 3.63) is 23.8 Å². The van der Waals surface area contributed by atoms with Crippen LogP contribution in [0, 0.1) is 5.41 Å². The Labute approximate surface area is 119 Å². The number of rotatable bonds is 9. The molecule has 1 aromatic carbocycles. The van der Waals surface area contributed by atoms with Crippen molar-refractivity contribution in [2.45, 2.75) is 25.2 Å². The first-order chi connectivity index (χ1) is 9.20. The minimum absolute atomic E-state index is 0.0426. The Bertz CT molecular complexity index is 410. The van der Waals surface area contributed by atoms with Gasteiger partial charge in [0, 0.05) is 11.5 Å². The Morgan fingerprint density at radius 3 is 2.68 bits per heavy atom. The lowest BCUT2D eigenvalue weighted by Crippen LogP contribution is -2.16. The summed E-state index contributed by atoms with van der Waals surface area (Å²) < 4.78 is 11.0. The molecule has 0 aliphatic rings. The van der Waals surface area contributed by atoms with Crippen molar-refractivity contribution in [1.29, 1.82) is 5.41 Å². The zero-order chi connectivity index (χ0) is 14.1. The van der Waals surface area contributed by atoms with E-state index in [4.69, 9.17) is 20.6 Å². The van der Waals surface area contributed by atoms with Crippen LogP contribution >= 0.6 is 11.8 Å². The van der Waals surface area contributed by atoms with Crippen LogP contribution in [0.1, 0.15) is 25.8 Å². The lowest BCUT2D eigenvalue weighted by molar-refractivity contribution is 0.100. The number of benzene rings is 1. The molecular formula is C14H22N2O2S. The summed E-state index contributed by atoms with van der Waals surface area (Å²) in [6.07, 6.45) is 1.00. The number of amidine groups is 1. The van der Waals surface area contributed by atoms with Crippen molar-refractivity contribution in [3.8, 4) is 5.75 Å². The summed E-state index contributed by atoms with van der Waals surface area (Å²) in [5, 5.41) is 7.70. The number of hydrogen-bond donors (Lipinski definition) is 2. The van der Waals surface area contributed by atoms with Gasteiger partial charge in [0.1, 0.15) is 18.2 Å². The van der Waals surface area contributed by atoms with E-state index >= 15 is 0 Å². The third-order valence-corrected chi connectivity index (χ3v) is 3.33. The van der Waals surface area contributed by atoms with E-state index in [1.807, 2.05) is 18.2 Å². The normalized spacial score (nSPS) is 10.4. The Kier molecular flexibility index (Phi) is 7.36. The van der Waals surface area contributed by atoms with Gasteiger partial charge in [-0.2, -0.15) is 0 Å². The van der Waals surface area contributed by atoms with Crippen LogP contribution in [0.5, 0.6) is 5.75 Å². The van der Waals surface area contributed by atoms with Crippen LogP contribution in [0.25, 0.3) is 0 Å². The third-order valence-electron chi connectivity index (χ3n) is 2.39. The van der Waals surface area contributed by atoms with Crippen LogP contribution in [0.2, 0.25) is 0 Å². The molecule has 0 spiro atoms. The Balaban J connectivity index is 2.70. The van der Waals surface area contributed by atoms with Crippen molar-refractivity contribution in [1.82, 2.24) is 0 Å². The van der Waals surface area contributed by atoms with Gasteiger partial charge in [0.25, 0.3) is 0 Å². The van der Waals surface area contributed by atoms with Gasteiger partial charge in [-0.25, -0.2) is 0 Å². The fourth-order valence-corrected chi connectivity index (χ4v) is 2.47. The lowest BCUT2D eigenvalue weighted by Gasteiger charge is -2.14. The average Bonchev–Trinajstić information content (AvgIpc) is 2.38. The SMILES string of the molecule is CCCOCCOc1cccc(SCC)c1C(=N)N. The van der Waals surface area contributed by atoms with Crippen LogP contribution in [0.3, 0.4) is 0 Å². The molecule has 0 saturated heterocycles. The molecule has 0 aliphatic heterocycles. The molecule has 0 heterocycles. The van der Waals surface area contributed by atoms with Crippen molar-refractivity contribution in [2.75, 3.05) is 25.6 Å². The second-order valence-electron chi connectivity index (χ2n) is 3.94. The van der Waals surface area contributed by atoms with E-state index in [0.717, 1.165) is 23.7 Å². The molecule has 3 N–H and O–H groups in total. The number of nitrogens with two attached hydrogens (primary N) is 1. The molecule has 5 heteroatoms. The summed E-state index contributed by atoms with van der Waals surface area (Å²) in [5.74, 6) is 1.63. The fraction of sp³-hybridized carbons (Fsp3) is 0.500. The molecule has 0 fully saturated rings. The van der Waals surface area contributed by atoms with Crippen LogP contribution < -0.4 is 10.5 Å². The summed E-state index contributed by atoms with van der Waals surface area (Å²) in [6.45, 7) is 5.91. The molecule has 0 atom stereocenters. The van der Waals surface area contributed by atoms with Crippen molar-refractivity contribution in [3.63, 3.8) is 0 Å². The molecule has 0 saturated carbocycles. The van der Waals surface area contributed by atoms with Gasteiger partial charge < -0.3 is 15.2 Å². The van der Waals surface area contributed by atoms with Gasteiger partial charge in [0.2, 0.25) is 0 Å². The number of thioether (sulfide) groups is 1.